The zero-order valence-corrected chi connectivity index (χ0v) is 22.7. The molecule has 1 aliphatic heterocycles. The molecule has 12 nitrogen and oxygen atoms in total. The molecule has 208 valence electrons. The van der Waals surface area contributed by atoms with Crippen LogP contribution in [0.3, 0.4) is 0 Å². The minimum absolute atomic E-state index is 0.213. The summed E-state index contributed by atoms with van der Waals surface area (Å²) < 4.78 is 0. The molecule has 1 aromatic rings. The minimum Gasteiger partial charge on any atom is -0.363 e. The highest BCUT2D eigenvalue weighted by Crippen LogP contribution is 2.26. The Bertz CT molecular complexity index is 1070. The van der Waals surface area contributed by atoms with Gasteiger partial charge in [-0.15, -0.1) is 0 Å². The van der Waals surface area contributed by atoms with E-state index in [1.165, 1.54) is 18.0 Å². The normalized spacial score (nSPS) is 17.8. The number of carbonyl (C=O) groups excluding carboxylic acids is 6. The van der Waals surface area contributed by atoms with E-state index in [-0.39, 0.29) is 23.9 Å². The summed E-state index contributed by atoms with van der Waals surface area (Å²) >= 11 is 0. The molecule has 0 saturated carbocycles. The Morgan fingerprint density at radius 1 is 1.03 bits per heavy atom. The van der Waals surface area contributed by atoms with Crippen LogP contribution in [-0.2, 0) is 19.2 Å². The molecule has 1 fully saturated rings. The maximum Gasteiger partial charge on any atom is 0.316 e. The van der Waals surface area contributed by atoms with Gasteiger partial charge in [0.1, 0.15) is 17.8 Å². The van der Waals surface area contributed by atoms with Gasteiger partial charge in [-0.3, -0.25) is 29.0 Å². The van der Waals surface area contributed by atoms with E-state index in [0.29, 0.717) is 12.8 Å². The molecule has 1 saturated heterocycles. The van der Waals surface area contributed by atoms with Crippen LogP contribution in [0.15, 0.2) is 24.4 Å². The van der Waals surface area contributed by atoms with Gasteiger partial charge in [0.05, 0.1) is 12.1 Å². The second-order valence-electron chi connectivity index (χ2n) is 10.9. The summed E-state index contributed by atoms with van der Waals surface area (Å²) in [6, 6.07) is 0.298. The standard InChI is InChI=1S/C26H38N6O6/c1-14(2)18(20(34)16-10-7-8-12-28-16)30-25(38)31-21(26(4,5)6)24(37)32-13-9-11-17(32)23(36)29-15(3)19(33)22(27)35/h7-8,10,12,14-15,17-18,21H,9,11,13H2,1-6H3,(H2,27,35)(H,29,36)(H2,30,31,38)/t15?,17-,18?,21?/m0/s1. The largest absolute Gasteiger partial charge is 0.363 e. The Labute approximate surface area is 222 Å². The number of primary amides is 1. The van der Waals surface area contributed by atoms with Crippen LogP contribution in [0, 0.1) is 11.3 Å². The van der Waals surface area contributed by atoms with Crippen molar-refractivity contribution in [3.8, 4) is 0 Å². The lowest BCUT2D eigenvalue weighted by Crippen LogP contribution is -2.61. The molecule has 0 bridgehead atoms. The number of aromatic nitrogens is 1. The number of hydrogen-bond donors (Lipinski definition) is 4. The van der Waals surface area contributed by atoms with Gasteiger partial charge in [-0.2, -0.15) is 0 Å². The van der Waals surface area contributed by atoms with Gasteiger partial charge in [0.15, 0.2) is 0 Å². The van der Waals surface area contributed by atoms with Crippen molar-refractivity contribution < 1.29 is 28.8 Å². The third kappa shape index (κ3) is 7.59. The Balaban J connectivity index is 2.17. The van der Waals surface area contributed by atoms with Crippen molar-refractivity contribution in [3.63, 3.8) is 0 Å². The van der Waals surface area contributed by atoms with Gasteiger partial charge >= 0.3 is 6.03 Å². The SMILES string of the molecule is CC(NC(=O)[C@@H]1CCCN1C(=O)C(NC(=O)NC(C(=O)c1ccccn1)C(C)C)C(C)(C)C)C(=O)C(N)=O. The Morgan fingerprint density at radius 2 is 1.68 bits per heavy atom. The number of likely N-dealkylation sites (tertiary alicyclic amines) is 1. The molecule has 3 unspecified atom stereocenters. The van der Waals surface area contributed by atoms with Gasteiger partial charge in [-0.05, 0) is 43.2 Å². The van der Waals surface area contributed by atoms with E-state index in [4.69, 9.17) is 5.73 Å². The average Bonchev–Trinajstić information content (AvgIpc) is 3.34. The van der Waals surface area contributed by atoms with Crippen molar-refractivity contribution in [2.75, 3.05) is 6.54 Å². The fraction of sp³-hybridized carbons (Fsp3) is 0.577. The molecular weight excluding hydrogens is 492 g/mol. The molecule has 0 aromatic carbocycles. The minimum atomic E-state index is -1.17. The summed E-state index contributed by atoms with van der Waals surface area (Å²) in [5, 5.41) is 7.82. The van der Waals surface area contributed by atoms with Gasteiger partial charge in [0, 0.05) is 12.7 Å². The highest BCUT2D eigenvalue weighted by molar-refractivity contribution is 6.37. The maximum absolute atomic E-state index is 13.6. The molecule has 0 spiro atoms. The van der Waals surface area contributed by atoms with E-state index < -0.39 is 59.1 Å². The van der Waals surface area contributed by atoms with E-state index in [9.17, 15) is 28.8 Å². The number of hydrogen-bond acceptors (Lipinski definition) is 7. The van der Waals surface area contributed by atoms with Crippen LogP contribution in [0.1, 0.15) is 64.9 Å². The molecule has 5 N–H and O–H groups in total. The van der Waals surface area contributed by atoms with E-state index in [0.717, 1.165) is 0 Å². The summed E-state index contributed by atoms with van der Waals surface area (Å²) in [6.07, 6.45) is 2.39. The number of amides is 5. The topological polar surface area (TPSA) is 181 Å². The molecule has 4 atom stereocenters. The van der Waals surface area contributed by atoms with Crippen LogP contribution in [0.2, 0.25) is 0 Å². The number of nitrogens with zero attached hydrogens (tertiary/aromatic N) is 2. The molecular formula is C26H38N6O6. The van der Waals surface area contributed by atoms with E-state index in [2.05, 4.69) is 20.9 Å². The van der Waals surface area contributed by atoms with Crippen molar-refractivity contribution in [1.29, 1.82) is 0 Å². The number of Topliss-reactive ketones (excluding diaryl/α,β-unsaturated/α-hetero) is 2. The van der Waals surface area contributed by atoms with Gasteiger partial charge in [-0.25, -0.2) is 4.79 Å². The van der Waals surface area contributed by atoms with Gasteiger partial charge in [-0.1, -0.05) is 40.7 Å². The highest BCUT2D eigenvalue weighted by Gasteiger charge is 2.42. The second-order valence-corrected chi connectivity index (χ2v) is 10.9. The van der Waals surface area contributed by atoms with Gasteiger partial charge < -0.3 is 26.6 Å². The molecule has 0 radical (unpaired) electrons. The zero-order valence-electron chi connectivity index (χ0n) is 22.7. The number of nitrogens with two attached hydrogens (primary N) is 1. The lowest BCUT2D eigenvalue weighted by molar-refractivity contribution is -0.143. The number of ketones is 2. The first-order valence-corrected chi connectivity index (χ1v) is 12.6. The molecule has 5 amide bonds. The molecule has 12 heteroatoms. The van der Waals surface area contributed by atoms with Crippen LogP contribution < -0.4 is 21.7 Å². The van der Waals surface area contributed by atoms with E-state index >= 15 is 0 Å². The number of pyridine rings is 1. The van der Waals surface area contributed by atoms with Gasteiger partial charge in [0.25, 0.3) is 5.91 Å². The molecule has 1 aromatic heterocycles. The average molecular weight is 531 g/mol. The fourth-order valence-electron chi connectivity index (χ4n) is 4.22. The first kappa shape index (κ1) is 30.4. The number of urea groups is 1. The number of carbonyl (C=O) groups is 6. The Morgan fingerprint density at radius 3 is 2.21 bits per heavy atom. The molecule has 1 aliphatic rings. The molecule has 2 heterocycles. The third-order valence-electron chi connectivity index (χ3n) is 6.37. The summed E-state index contributed by atoms with van der Waals surface area (Å²) in [4.78, 5) is 80.9. The van der Waals surface area contributed by atoms with Gasteiger partial charge in [0.2, 0.25) is 23.4 Å². The monoisotopic (exact) mass is 530 g/mol. The van der Waals surface area contributed by atoms with Crippen LogP contribution in [-0.4, -0.2) is 75.9 Å². The summed E-state index contributed by atoms with van der Waals surface area (Å²) in [5.41, 5.74) is 4.47. The lowest BCUT2D eigenvalue weighted by Gasteiger charge is -2.36. The van der Waals surface area contributed by atoms with Crippen molar-refractivity contribution in [3.05, 3.63) is 30.1 Å². The molecule has 0 aliphatic carbocycles. The predicted molar refractivity (Wildman–Crippen MR) is 139 cm³/mol. The maximum atomic E-state index is 13.6. The molecule has 38 heavy (non-hydrogen) atoms. The summed E-state index contributed by atoms with van der Waals surface area (Å²) in [7, 11) is 0. The number of nitrogens with one attached hydrogen (secondary N) is 3. The first-order valence-electron chi connectivity index (χ1n) is 12.6. The van der Waals surface area contributed by atoms with E-state index in [1.807, 2.05) is 0 Å². The third-order valence-corrected chi connectivity index (χ3v) is 6.37. The zero-order chi connectivity index (χ0) is 28.8. The Kier molecular flexibility index (Phi) is 10.1. The smallest absolute Gasteiger partial charge is 0.316 e. The fourth-order valence-corrected chi connectivity index (χ4v) is 4.22. The van der Waals surface area contributed by atoms with Crippen molar-refractivity contribution in [2.24, 2.45) is 17.1 Å². The quantitative estimate of drug-likeness (QED) is 0.252. The van der Waals surface area contributed by atoms with Crippen molar-refractivity contribution >= 4 is 35.3 Å². The number of rotatable bonds is 10. The lowest BCUT2D eigenvalue weighted by atomic mass is 9.85. The summed E-state index contributed by atoms with van der Waals surface area (Å²) in [6.45, 7) is 10.5. The van der Waals surface area contributed by atoms with Crippen LogP contribution in [0.25, 0.3) is 0 Å². The predicted octanol–water partition coefficient (Wildman–Crippen LogP) is 0.553. The van der Waals surface area contributed by atoms with E-state index in [1.54, 1.807) is 52.8 Å². The second kappa shape index (κ2) is 12.6. The first-order chi connectivity index (χ1) is 17.6. The summed E-state index contributed by atoms with van der Waals surface area (Å²) in [5.74, 6) is -3.78. The van der Waals surface area contributed by atoms with Crippen molar-refractivity contribution in [1.82, 2.24) is 25.8 Å². The van der Waals surface area contributed by atoms with Crippen LogP contribution in [0.5, 0.6) is 0 Å². The molecule has 2 rings (SSSR count). The van der Waals surface area contributed by atoms with Crippen LogP contribution >= 0.6 is 0 Å². The van der Waals surface area contributed by atoms with Crippen LogP contribution in [0.4, 0.5) is 4.79 Å². The van der Waals surface area contributed by atoms with Crippen molar-refractivity contribution in [2.45, 2.75) is 78.6 Å². The highest BCUT2D eigenvalue weighted by atomic mass is 16.2. The Hall–Kier alpha value is -3.83.